The van der Waals surface area contributed by atoms with E-state index in [2.05, 4.69) is 31.2 Å². The van der Waals surface area contributed by atoms with E-state index in [0.717, 1.165) is 18.7 Å². The molecular formula is C11H19N3O. The van der Waals surface area contributed by atoms with Gasteiger partial charge in [0, 0.05) is 19.2 Å². The third-order valence-electron chi connectivity index (χ3n) is 1.99. The summed E-state index contributed by atoms with van der Waals surface area (Å²) in [5.41, 5.74) is 0.770. The number of aromatic nitrogens is 2. The van der Waals surface area contributed by atoms with Crippen LogP contribution in [-0.2, 0) is 6.54 Å². The Morgan fingerprint density at radius 1 is 1.53 bits per heavy atom. The molecule has 0 unspecified atom stereocenters. The minimum Gasteiger partial charge on any atom is -0.384 e. The van der Waals surface area contributed by atoms with E-state index < -0.39 is 0 Å². The molecule has 0 saturated heterocycles. The number of hydrogen-bond acceptors (Lipinski definition) is 3. The molecule has 1 aromatic rings. The summed E-state index contributed by atoms with van der Waals surface area (Å²) in [7, 11) is 0. The molecule has 0 aliphatic rings. The molecule has 0 aliphatic heterocycles. The third-order valence-corrected chi connectivity index (χ3v) is 1.99. The van der Waals surface area contributed by atoms with Crippen molar-refractivity contribution < 1.29 is 0 Å². The van der Waals surface area contributed by atoms with Gasteiger partial charge in [0.25, 0.3) is 5.56 Å². The predicted octanol–water partition coefficient (Wildman–Crippen LogP) is 1.72. The quantitative estimate of drug-likeness (QED) is 0.803. The average Bonchev–Trinajstić information content (AvgIpc) is 2.18. The third kappa shape index (κ3) is 3.73. The molecular weight excluding hydrogens is 190 g/mol. The fourth-order valence-corrected chi connectivity index (χ4v) is 1.28. The van der Waals surface area contributed by atoms with Gasteiger partial charge < -0.3 is 5.32 Å². The molecule has 0 saturated carbocycles. The van der Waals surface area contributed by atoms with Gasteiger partial charge in [0.1, 0.15) is 0 Å². The number of hydrogen-bond donors (Lipinski definition) is 1. The Labute approximate surface area is 90.3 Å². The van der Waals surface area contributed by atoms with E-state index in [4.69, 9.17) is 0 Å². The van der Waals surface area contributed by atoms with Crippen LogP contribution in [0.5, 0.6) is 0 Å². The maximum Gasteiger partial charge on any atom is 0.268 e. The van der Waals surface area contributed by atoms with Crippen molar-refractivity contribution in [1.29, 1.82) is 0 Å². The highest BCUT2D eigenvalue weighted by molar-refractivity contribution is 5.38. The molecule has 0 aromatic carbocycles. The first-order valence-corrected chi connectivity index (χ1v) is 5.44. The zero-order valence-electron chi connectivity index (χ0n) is 9.66. The predicted molar refractivity (Wildman–Crippen MR) is 62.1 cm³/mol. The molecule has 0 spiro atoms. The summed E-state index contributed by atoms with van der Waals surface area (Å²) >= 11 is 0. The molecule has 0 aliphatic carbocycles. The molecule has 0 atom stereocenters. The van der Waals surface area contributed by atoms with Crippen LogP contribution in [0.3, 0.4) is 0 Å². The molecule has 1 rings (SSSR count). The van der Waals surface area contributed by atoms with Crippen LogP contribution < -0.4 is 10.9 Å². The minimum absolute atomic E-state index is 0.0372. The van der Waals surface area contributed by atoms with Gasteiger partial charge in [0.05, 0.1) is 11.9 Å². The van der Waals surface area contributed by atoms with Crippen molar-refractivity contribution in [3.05, 3.63) is 22.6 Å². The molecule has 84 valence electrons. The summed E-state index contributed by atoms with van der Waals surface area (Å²) in [6.45, 7) is 7.76. The fraction of sp³-hybridized carbons (Fsp3) is 0.636. The standard InChI is InChI=1S/C11H19N3O/c1-4-5-12-10-6-11(15)14(13-7-10)8-9(2)3/h6-7,9,12H,4-5,8H2,1-3H3. The van der Waals surface area contributed by atoms with Gasteiger partial charge in [-0.3, -0.25) is 4.79 Å². The lowest BCUT2D eigenvalue weighted by molar-refractivity contribution is 0.464. The normalized spacial score (nSPS) is 10.7. The molecule has 0 fully saturated rings. The van der Waals surface area contributed by atoms with Gasteiger partial charge in [0.15, 0.2) is 0 Å². The summed E-state index contributed by atoms with van der Waals surface area (Å²) in [4.78, 5) is 11.6. The van der Waals surface area contributed by atoms with E-state index >= 15 is 0 Å². The molecule has 0 radical (unpaired) electrons. The Morgan fingerprint density at radius 2 is 2.27 bits per heavy atom. The first kappa shape index (κ1) is 11.8. The van der Waals surface area contributed by atoms with Gasteiger partial charge in [-0.25, -0.2) is 4.68 Å². The van der Waals surface area contributed by atoms with Crippen LogP contribution in [0.4, 0.5) is 5.69 Å². The highest BCUT2D eigenvalue weighted by Gasteiger charge is 2.01. The largest absolute Gasteiger partial charge is 0.384 e. The van der Waals surface area contributed by atoms with Crippen molar-refractivity contribution in [1.82, 2.24) is 9.78 Å². The summed E-state index contributed by atoms with van der Waals surface area (Å²) in [5.74, 6) is 0.435. The Bertz CT molecular complexity index is 357. The monoisotopic (exact) mass is 209 g/mol. The summed E-state index contributed by atoms with van der Waals surface area (Å²) in [6, 6.07) is 1.60. The fourth-order valence-electron chi connectivity index (χ4n) is 1.28. The molecule has 1 N–H and O–H groups in total. The lowest BCUT2D eigenvalue weighted by Crippen LogP contribution is -2.24. The van der Waals surface area contributed by atoms with Crippen molar-refractivity contribution >= 4 is 5.69 Å². The molecule has 1 aromatic heterocycles. The van der Waals surface area contributed by atoms with E-state index in [1.807, 2.05) is 0 Å². The van der Waals surface area contributed by atoms with Crippen LogP contribution in [0.1, 0.15) is 27.2 Å². The van der Waals surface area contributed by atoms with Crippen LogP contribution >= 0.6 is 0 Å². The maximum atomic E-state index is 11.6. The molecule has 1 heterocycles. The molecule has 4 nitrogen and oxygen atoms in total. The molecule has 0 amide bonds. The maximum absolute atomic E-state index is 11.6. The van der Waals surface area contributed by atoms with Crippen LogP contribution in [0.25, 0.3) is 0 Å². The Hall–Kier alpha value is -1.32. The summed E-state index contributed by atoms with van der Waals surface area (Å²) < 4.78 is 1.50. The van der Waals surface area contributed by atoms with E-state index in [0.29, 0.717) is 12.5 Å². The van der Waals surface area contributed by atoms with Gasteiger partial charge in [-0.05, 0) is 12.3 Å². The second-order valence-corrected chi connectivity index (χ2v) is 4.09. The van der Waals surface area contributed by atoms with Crippen molar-refractivity contribution in [3.63, 3.8) is 0 Å². The smallest absolute Gasteiger partial charge is 0.268 e. The van der Waals surface area contributed by atoms with E-state index in [9.17, 15) is 4.79 Å². The van der Waals surface area contributed by atoms with Crippen LogP contribution in [0.15, 0.2) is 17.1 Å². The number of anilines is 1. The highest BCUT2D eigenvalue weighted by Crippen LogP contribution is 2.01. The Balaban J connectivity index is 2.74. The first-order chi connectivity index (χ1) is 7.13. The van der Waals surface area contributed by atoms with Crippen molar-refractivity contribution in [3.8, 4) is 0 Å². The first-order valence-electron chi connectivity index (χ1n) is 5.44. The number of rotatable bonds is 5. The van der Waals surface area contributed by atoms with Crippen molar-refractivity contribution in [2.45, 2.75) is 33.7 Å². The molecule has 4 heteroatoms. The number of nitrogens with one attached hydrogen (secondary N) is 1. The summed E-state index contributed by atoms with van der Waals surface area (Å²) in [6.07, 6.45) is 2.74. The van der Waals surface area contributed by atoms with E-state index in [-0.39, 0.29) is 5.56 Å². The molecule has 15 heavy (non-hydrogen) atoms. The zero-order chi connectivity index (χ0) is 11.3. The molecule has 0 bridgehead atoms. The second-order valence-electron chi connectivity index (χ2n) is 4.09. The van der Waals surface area contributed by atoms with E-state index in [1.165, 1.54) is 4.68 Å². The Kier molecular flexibility index (Phi) is 4.34. The van der Waals surface area contributed by atoms with Crippen LogP contribution in [0.2, 0.25) is 0 Å². The minimum atomic E-state index is -0.0372. The van der Waals surface area contributed by atoms with Gasteiger partial charge in [0.2, 0.25) is 0 Å². The van der Waals surface area contributed by atoms with Crippen LogP contribution in [-0.4, -0.2) is 16.3 Å². The van der Waals surface area contributed by atoms with E-state index in [1.54, 1.807) is 12.3 Å². The SMILES string of the molecule is CCCNc1cnn(CC(C)C)c(=O)c1. The Morgan fingerprint density at radius 3 is 2.80 bits per heavy atom. The second kappa shape index (κ2) is 5.53. The average molecular weight is 209 g/mol. The van der Waals surface area contributed by atoms with Crippen molar-refractivity contribution in [2.75, 3.05) is 11.9 Å². The van der Waals surface area contributed by atoms with Gasteiger partial charge in [-0.1, -0.05) is 20.8 Å². The van der Waals surface area contributed by atoms with Crippen molar-refractivity contribution in [2.24, 2.45) is 5.92 Å². The lowest BCUT2D eigenvalue weighted by Gasteiger charge is -2.08. The highest BCUT2D eigenvalue weighted by atomic mass is 16.1. The van der Waals surface area contributed by atoms with Gasteiger partial charge >= 0.3 is 0 Å². The lowest BCUT2D eigenvalue weighted by atomic mass is 10.2. The van der Waals surface area contributed by atoms with Gasteiger partial charge in [-0.2, -0.15) is 5.10 Å². The van der Waals surface area contributed by atoms with Gasteiger partial charge in [-0.15, -0.1) is 0 Å². The number of nitrogens with zero attached hydrogens (tertiary/aromatic N) is 2. The zero-order valence-corrected chi connectivity index (χ0v) is 9.66. The topological polar surface area (TPSA) is 46.9 Å². The van der Waals surface area contributed by atoms with Crippen LogP contribution in [0, 0.1) is 5.92 Å². The summed E-state index contributed by atoms with van der Waals surface area (Å²) in [5, 5.41) is 7.25.